The normalized spacial score (nSPS) is 24.4. The van der Waals surface area contributed by atoms with Crippen LogP contribution >= 0.6 is 0 Å². The molecule has 1 fully saturated rings. The van der Waals surface area contributed by atoms with E-state index in [-0.39, 0.29) is 17.9 Å². The highest BCUT2D eigenvalue weighted by atomic mass is 16.5. The Balaban J connectivity index is 1.83. The van der Waals surface area contributed by atoms with Gasteiger partial charge >= 0.3 is 0 Å². The first-order chi connectivity index (χ1) is 11.2. The molecule has 128 valence electrons. The average Bonchev–Trinajstić information content (AvgIpc) is 2.59. The Morgan fingerprint density at radius 1 is 1.30 bits per heavy atom. The van der Waals surface area contributed by atoms with E-state index in [0.717, 1.165) is 32.4 Å². The largest absolute Gasteiger partial charge is 0.390 e. The van der Waals surface area contributed by atoms with E-state index in [1.807, 2.05) is 17.9 Å². The van der Waals surface area contributed by atoms with Gasteiger partial charge in [-0.25, -0.2) is 0 Å². The molecule has 0 aliphatic heterocycles. The fourth-order valence-corrected chi connectivity index (χ4v) is 3.39. The predicted octanol–water partition coefficient (Wildman–Crippen LogP) is 2.64. The van der Waals surface area contributed by atoms with Crippen LogP contribution in [0.2, 0.25) is 0 Å². The SMILES string of the molecule is CCN(CCCc1ccccc1)C(=O)[C@@H]1CC[C@H](O)[C@H](OC)C1. The number of amides is 1. The predicted molar refractivity (Wildman–Crippen MR) is 91.2 cm³/mol. The number of hydrogen-bond acceptors (Lipinski definition) is 3. The maximum absolute atomic E-state index is 12.7. The van der Waals surface area contributed by atoms with Gasteiger partial charge in [-0.3, -0.25) is 4.79 Å². The maximum Gasteiger partial charge on any atom is 0.225 e. The van der Waals surface area contributed by atoms with Gasteiger partial charge in [-0.1, -0.05) is 30.3 Å². The smallest absolute Gasteiger partial charge is 0.225 e. The van der Waals surface area contributed by atoms with Crippen LogP contribution in [-0.2, 0) is 16.0 Å². The number of hydrogen-bond donors (Lipinski definition) is 1. The number of carbonyl (C=O) groups excluding carboxylic acids is 1. The zero-order valence-electron chi connectivity index (χ0n) is 14.3. The summed E-state index contributed by atoms with van der Waals surface area (Å²) in [6.45, 7) is 3.57. The van der Waals surface area contributed by atoms with Gasteiger partial charge in [0.2, 0.25) is 5.91 Å². The highest BCUT2D eigenvalue weighted by Crippen LogP contribution is 2.28. The summed E-state index contributed by atoms with van der Waals surface area (Å²) in [5, 5.41) is 9.88. The number of carbonyl (C=O) groups is 1. The molecule has 1 saturated carbocycles. The van der Waals surface area contributed by atoms with Crippen LogP contribution in [0.15, 0.2) is 30.3 Å². The van der Waals surface area contributed by atoms with Crippen molar-refractivity contribution in [2.75, 3.05) is 20.2 Å². The Morgan fingerprint density at radius 3 is 2.70 bits per heavy atom. The van der Waals surface area contributed by atoms with Crippen molar-refractivity contribution < 1.29 is 14.6 Å². The second kappa shape index (κ2) is 9.04. The first-order valence-electron chi connectivity index (χ1n) is 8.69. The molecule has 1 N–H and O–H groups in total. The van der Waals surface area contributed by atoms with Crippen LogP contribution in [0.1, 0.15) is 38.2 Å². The van der Waals surface area contributed by atoms with E-state index in [9.17, 15) is 9.90 Å². The summed E-state index contributed by atoms with van der Waals surface area (Å²) in [6.07, 6.45) is 3.37. The molecule has 3 atom stereocenters. The first-order valence-corrected chi connectivity index (χ1v) is 8.69. The molecule has 0 radical (unpaired) electrons. The van der Waals surface area contributed by atoms with Crippen LogP contribution in [0.4, 0.5) is 0 Å². The number of aliphatic hydroxyl groups excluding tert-OH is 1. The van der Waals surface area contributed by atoms with E-state index in [2.05, 4.69) is 24.3 Å². The van der Waals surface area contributed by atoms with Crippen LogP contribution in [0.3, 0.4) is 0 Å². The number of rotatable bonds is 7. The minimum Gasteiger partial charge on any atom is -0.390 e. The minimum absolute atomic E-state index is 0.0139. The second-order valence-corrected chi connectivity index (χ2v) is 6.36. The minimum atomic E-state index is -0.433. The van der Waals surface area contributed by atoms with Gasteiger partial charge in [-0.2, -0.15) is 0 Å². The van der Waals surface area contributed by atoms with Crippen molar-refractivity contribution in [3.05, 3.63) is 35.9 Å². The van der Waals surface area contributed by atoms with E-state index in [1.165, 1.54) is 5.56 Å². The van der Waals surface area contributed by atoms with Crippen LogP contribution < -0.4 is 0 Å². The lowest BCUT2D eigenvalue weighted by Crippen LogP contribution is -2.43. The van der Waals surface area contributed by atoms with Crippen molar-refractivity contribution in [2.24, 2.45) is 5.92 Å². The van der Waals surface area contributed by atoms with Crippen molar-refractivity contribution in [1.82, 2.24) is 4.90 Å². The molecule has 1 aromatic carbocycles. The van der Waals surface area contributed by atoms with Crippen molar-refractivity contribution in [3.8, 4) is 0 Å². The van der Waals surface area contributed by atoms with Crippen molar-refractivity contribution in [1.29, 1.82) is 0 Å². The van der Waals surface area contributed by atoms with Crippen molar-refractivity contribution in [3.63, 3.8) is 0 Å². The summed E-state index contributed by atoms with van der Waals surface area (Å²) in [4.78, 5) is 14.7. The molecule has 0 heterocycles. The molecule has 0 bridgehead atoms. The van der Waals surface area contributed by atoms with Crippen LogP contribution in [0, 0.1) is 5.92 Å². The topological polar surface area (TPSA) is 49.8 Å². The lowest BCUT2D eigenvalue weighted by molar-refractivity contribution is -0.140. The van der Waals surface area contributed by atoms with Gasteiger partial charge in [0.05, 0.1) is 12.2 Å². The van der Waals surface area contributed by atoms with Crippen LogP contribution in [0.5, 0.6) is 0 Å². The zero-order chi connectivity index (χ0) is 16.7. The number of benzene rings is 1. The third kappa shape index (κ3) is 5.05. The van der Waals surface area contributed by atoms with Gasteiger partial charge in [0.1, 0.15) is 0 Å². The number of ether oxygens (including phenoxy) is 1. The molecule has 4 heteroatoms. The molecule has 23 heavy (non-hydrogen) atoms. The maximum atomic E-state index is 12.7. The van der Waals surface area contributed by atoms with Gasteiger partial charge in [-0.05, 0) is 44.6 Å². The number of aryl methyl sites for hydroxylation is 1. The summed E-state index contributed by atoms with van der Waals surface area (Å²) in [5.41, 5.74) is 1.32. The molecule has 1 aromatic rings. The number of aliphatic hydroxyl groups is 1. The van der Waals surface area contributed by atoms with E-state index < -0.39 is 6.10 Å². The summed E-state index contributed by atoms with van der Waals surface area (Å²) in [5.74, 6) is 0.203. The van der Waals surface area contributed by atoms with Crippen LogP contribution in [-0.4, -0.2) is 48.3 Å². The van der Waals surface area contributed by atoms with E-state index in [1.54, 1.807) is 7.11 Å². The average molecular weight is 319 g/mol. The molecule has 0 saturated heterocycles. The molecule has 1 amide bonds. The summed E-state index contributed by atoms with van der Waals surface area (Å²) in [6, 6.07) is 10.4. The lowest BCUT2D eigenvalue weighted by atomic mass is 9.84. The monoisotopic (exact) mass is 319 g/mol. The fraction of sp³-hybridized carbons (Fsp3) is 0.632. The number of methoxy groups -OCH3 is 1. The molecule has 0 aromatic heterocycles. The standard InChI is InChI=1S/C19H29NO3/c1-3-20(13-7-10-15-8-5-4-6-9-15)19(22)16-11-12-17(21)18(14-16)23-2/h4-6,8-9,16-18,21H,3,7,10-14H2,1-2H3/t16-,17+,18-/m1/s1. The Morgan fingerprint density at radius 2 is 2.04 bits per heavy atom. The zero-order valence-corrected chi connectivity index (χ0v) is 14.3. The van der Waals surface area contributed by atoms with Gasteiger partial charge in [0, 0.05) is 26.1 Å². The third-order valence-corrected chi connectivity index (χ3v) is 4.84. The molecule has 1 aliphatic rings. The summed E-state index contributed by atoms with van der Waals surface area (Å²) >= 11 is 0. The third-order valence-electron chi connectivity index (χ3n) is 4.84. The second-order valence-electron chi connectivity index (χ2n) is 6.36. The Kier molecular flexibility index (Phi) is 7.06. The van der Waals surface area contributed by atoms with Crippen molar-refractivity contribution in [2.45, 2.75) is 51.2 Å². The molecular formula is C19H29NO3. The molecule has 1 aliphatic carbocycles. The number of nitrogens with zero attached hydrogens (tertiary/aromatic N) is 1. The molecule has 0 spiro atoms. The summed E-state index contributed by atoms with van der Waals surface area (Å²) < 4.78 is 5.32. The van der Waals surface area contributed by atoms with Crippen LogP contribution in [0.25, 0.3) is 0 Å². The van der Waals surface area contributed by atoms with E-state index in [4.69, 9.17) is 4.74 Å². The molecular weight excluding hydrogens is 290 g/mol. The quantitative estimate of drug-likeness (QED) is 0.840. The Bertz CT molecular complexity index is 477. The van der Waals surface area contributed by atoms with Gasteiger partial charge < -0.3 is 14.7 Å². The highest BCUT2D eigenvalue weighted by Gasteiger charge is 2.34. The fourth-order valence-electron chi connectivity index (χ4n) is 3.39. The Labute approximate surface area is 139 Å². The van der Waals surface area contributed by atoms with Crippen molar-refractivity contribution >= 4 is 5.91 Å². The van der Waals surface area contributed by atoms with Gasteiger partial charge in [-0.15, -0.1) is 0 Å². The highest BCUT2D eigenvalue weighted by molar-refractivity contribution is 5.79. The molecule has 4 nitrogen and oxygen atoms in total. The Hall–Kier alpha value is -1.39. The molecule has 2 rings (SSSR count). The molecule has 0 unspecified atom stereocenters. The van der Waals surface area contributed by atoms with Gasteiger partial charge in [0.25, 0.3) is 0 Å². The first kappa shape index (κ1) is 18.0. The lowest BCUT2D eigenvalue weighted by Gasteiger charge is -2.34. The van der Waals surface area contributed by atoms with E-state index >= 15 is 0 Å². The van der Waals surface area contributed by atoms with E-state index in [0.29, 0.717) is 12.8 Å². The van der Waals surface area contributed by atoms with Gasteiger partial charge in [0.15, 0.2) is 0 Å². The summed E-state index contributed by atoms with van der Waals surface area (Å²) in [7, 11) is 1.61.